The van der Waals surface area contributed by atoms with E-state index in [0.717, 1.165) is 31.7 Å². The quantitative estimate of drug-likeness (QED) is 0.146. The monoisotopic (exact) mass is 607 g/mol. The van der Waals surface area contributed by atoms with Gasteiger partial charge < -0.3 is 19.5 Å². The van der Waals surface area contributed by atoms with Crippen LogP contribution in [0.15, 0.2) is 91.0 Å². The highest BCUT2D eigenvalue weighted by Gasteiger charge is 2.27. The Kier molecular flexibility index (Phi) is 9.46. The minimum absolute atomic E-state index is 0.150. The minimum Gasteiger partial charge on any atom is -0.494 e. The summed E-state index contributed by atoms with van der Waals surface area (Å²) < 4.78 is 19.5. The topological polar surface area (TPSA) is 39.7 Å². The average molecular weight is 608 g/mol. The summed E-state index contributed by atoms with van der Waals surface area (Å²) in [6, 6.07) is 32.0. The van der Waals surface area contributed by atoms with Gasteiger partial charge in [0, 0.05) is 22.5 Å². The van der Waals surface area contributed by atoms with E-state index in [9.17, 15) is 0 Å². The van der Waals surface area contributed by atoms with E-state index in [0.29, 0.717) is 32.3 Å². The fourth-order valence-electron chi connectivity index (χ4n) is 4.88. The fourth-order valence-corrected chi connectivity index (χ4v) is 5.42. The molecule has 1 aliphatic rings. The highest BCUT2D eigenvalue weighted by atomic mass is 127. The summed E-state index contributed by atoms with van der Waals surface area (Å²) in [5, 5.41) is 6.03. The van der Waals surface area contributed by atoms with E-state index in [4.69, 9.17) is 14.2 Å². The van der Waals surface area contributed by atoms with Crippen LogP contribution in [0.2, 0.25) is 0 Å². The molecule has 192 valence electrons. The second-order valence-corrected chi connectivity index (χ2v) is 10.7. The van der Waals surface area contributed by atoms with E-state index in [1.807, 2.05) is 0 Å². The van der Waals surface area contributed by atoms with Crippen molar-refractivity contribution in [1.82, 2.24) is 5.32 Å². The normalized spacial score (nSPS) is 17.6. The van der Waals surface area contributed by atoms with Crippen molar-refractivity contribution in [3.05, 3.63) is 111 Å². The van der Waals surface area contributed by atoms with Crippen molar-refractivity contribution in [2.45, 2.75) is 38.1 Å². The van der Waals surface area contributed by atoms with Gasteiger partial charge in [0.15, 0.2) is 0 Å². The van der Waals surface area contributed by atoms with Gasteiger partial charge in [-0.25, -0.2) is 0 Å². The largest absolute Gasteiger partial charge is 0.494 e. The molecule has 1 aliphatic heterocycles. The van der Waals surface area contributed by atoms with Crippen LogP contribution in [0.1, 0.15) is 35.4 Å². The maximum atomic E-state index is 6.45. The molecule has 4 aromatic carbocycles. The molecule has 1 heterocycles. The van der Waals surface area contributed by atoms with E-state index in [1.165, 1.54) is 31.0 Å². The summed E-state index contributed by atoms with van der Waals surface area (Å²) in [5.74, 6) is 1.29. The van der Waals surface area contributed by atoms with Crippen LogP contribution in [0, 0.1) is 3.57 Å². The summed E-state index contributed by atoms with van der Waals surface area (Å²) in [7, 11) is 0. The van der Waals surface area contributed by atoms with Gasteiger partial charge in [-0.15, -0.1) is 0 Å². The predicted molar refractivity (Wildman–Crippen MR) is 158 cm³/mol. The molecule has 1 saturated heterocycles. The molecule has 0 bridgehead atoms. The zero-order chi connectivity index (χ0) is 25.3. The third kappa shape index (κ3) is 7.32. The van der Waals surface area contributed by atoms with Crippen LogP contribution in [0.4, 0.5) is 0 Å². The van der Waals surface area contributed by atoms with Crippen LogP contribution in [0.5, 0.6) is 5.75 Å². The zero-order valence-electron chi connectivity index (χ0n) is 21.1. The molecular formula is C32H34INO3. The molecule has 37 heavy (non-hydrogen) atoms. The molecule has 4 aromatic rings. The molecule has 0 saturated carbocycles. The van der Waals surface area contributed by atoms with Gasteiger partial charge in [0.2, 0.25) is 0 Å². The Morgan fingerprint density at radius 2 is 1.62 bits per heavy atom. The molecule has 1 fully saturated rings. The minimum atomic E-state index is 0.150. The summed E-state index contributed by atoms with van der Waals surface area (Å²) in [6.45, 7) is 4.50. The molecule has 0 amide bonds. The van der Waals surface area contributed by atoms with Crippen LogP contribution in [-0.2, 0) is 22.7 Å². The van der Waals surface area contributed by atoms with Crippen LogP contribution < -0.4 is 10.1 Å². The third-order valence-corrected chi connectivity index (χ3v) is 7.98. The van der Waals surface area contributed by atoms with Gasteiger partial charge in [-0.2, -0.15) is 0 Å². The number of ether oxygens (including phenoxy) is 3. The summed E-state index contributed by atoms with van der Waals surface area (Å²) in [5.41, 5.74) is 3.77. The highest BCUT2D eigenvalue weighted by molar-refractivity contribution is 14.1. The number of rotatable bonds is 11. The predicted octanol–water partition coefficient (Wildman–Crippen LogP) is 7.09. The van der Waals surface area contributed by atoms with Gasteiger partial charge in [0.05, 0.1) is 32.5 Å². The molecule has 0 radical (unpaired) electrons. The number of nitrogens with one attached hydrogen (secondary N) is 1. The number of fused-ring (bicyclic) bond motifs is 1. The average Bonchev–Trinajstić information content (AvgIpc) is 2.95. The number of halogens is 1. The number of hydrogen-bond donors (Lipinski definition) is 1. The van der Waals surface area contributed by atoms with Crippen molar-refractivity contribution < 1.29 is 14.2 Å². The van der Waals surface area contributed by atoms with Crippen molar-refractivity contribution in [2.24, 2.45) is 0 Å². The lowest BCUT2D eigenvalue weighted by atomic mass is 9.87. The molecule has 2 atom stereocenters. The van der Waals surface area contributed by atoms with Gasteiger partial charge >= 0.3 is 0 Å². The first-order valence-electron chi connectivity index (χ1n) is 13.1. The molecule has 5 rings (SSSR count). The van der Waals surface area contributed by atoms with Crippen molar-refractivity contribution in [3.8, 4) is 5.75 Å². The lowest BCUT2D eigenvalue weighted by Crippen LogP contribution is -2.40. The van der Waals surface area contributed by atoms with Crippen molar-refractivity contribution >= 4 is 33.4 Å². The number of piperidine rings is 1. The first kappa shape index (κ1) is 26.2. The third-order valence-electron chi connectivity index (χ3n) is 6.93. The summed E-state index contributed by atoms with van der Waals surface area (Å²) >= 11 is 2.35. The van der Waals surface area contributed by atoms with E-state index in [1.54, 1.807) is 0 Å². The van der Waals surface area contributed by atoms with Gasteiger partial charge in [-0.3, -0.25) is 0 Å². The lowest BCUT2D eigenvalue weighted by molar-refractivity contribution is 0.0106. The Balaban J connectivity index is 1.08. The Morgan fingerprint density at radius 1 is 0.811 bits per heavy atom. The molecule has 0 aliphatic carbocycles. The van der Waals surface area contributed by atoms with Crippen molar-refractivity contribution in [2.75, 3.05) is 26.3 Å². The van der Waals surface area contributed by atoms with Crippen molar-refractivity contribution in [1.29, 1.82) is 0 Å². The maximum Gasteiger partial charge on any atom is 0.119 e. The Morgan fingerprint density at radius 3 is 2.49 bits per heavy atom. The highest BCUT2D eigenvalue weighted by Crippen LogP contribution is 2.30. The Bertz CT molecular complexity index is 1280. The lowest BCUT2D eigenvalue weighted by Gasteiger charge is -2.32. The standard InChI is InChI=1S/C32H34INO3/c33-31-9-4-3-8-28(31)23-35-18-5-19-36-29-14-12-26(13-15-29)30-16-17-34-21-32(30)37-22-24-10-11-25-6-1-2-7-27(25)20-24/h1-4,6-15,20,30,32,34H,5,16-19,21-23H2. The van der Waals surface area contributed by atoms with E-state index >= 15 is 0 Å². The molecule has 5 heteroatoms. The second kappa shape index (κ2) is 13.4. The summed E-state index contributed by atoms with van der Waals surface area (Å²) in [4.78, 5) is 0. The van der Waals surface area contributed by atoms with Crippen LogP contribution in [0.3, 0.4) is 0 Å². The molecule has 0 aromatic heterocycles. The molecule has 2 unspecified atom stereocenters. The van der Waals surface area contributed by atoms with Crippen molar-refractivity contribution in [3.63, 3.8) is 0 Å². The van der Waals surface area contributed by atoms with Crippen LogP contribution in [-0.4, -0.2) is 32.4 Å². The maximum absolute atomic E-state index is 6.45. The van der Waals surface area contributed by atoms with Crippen LogP contribution in [0.25, 0.3) is 10.8 Å². The first-order valence-corrected chi connectivity index (χ1v) is 14.2. The van der Waals surface area contributed by atoms with Gasteiger partial charge in [-0.05, 0) is 87.3 Å². The SMILES string of the molecule is Ic1ccccc1COCCCOc1ccc(C2CCNCC2OCc2ccc3ccccc3c2)cc1. The number of benzene rings is 4. The van der Waals surface area contributed by atoms with E-state index in [2.05, 4.69) is 119 Å². The smallest absolute Gasteiger partial charge is 0.119 e. The molecule has 1 N–H and O–H groups in total. The molecule has 4 nitrogen and oxygen atoms in total. The van der Waals surface area contributed by atoms with Gasteiger partial charge in [0.25, 0.3) is 0 Å². The second-order valence-electron chi connectivity index (χ2n) is 9.55. The van der Waals surface area contributed by atoms with Gasteiger partial charge in [0.1, 0.15) is 5.75 Å². The zero-order valence-corrected chi connectivity index (χ0v) is 23.2. The van der Waals surface area contributed by atoms with E-state index in [-0.39, 0.29) is 6.10 Å². The van der Waals surface area contributed by atoms with E-state index < -0.39 is 0 Å². The number of hydrogen-bond acceptors (Lipinski definition) is 4. The Hall–Kier alpha value is -2.45. The van der Waals surface area contributed by atoms with Crippen LogP contribution >= 0.6 is 22.6 Å². The molecule has 0 spiro atoms. The Labute approximate surface area is 233 Å². The first-order chi connectivity index (χ1) is 18.3. The molecular weight excluding hydrogens is 573 g/mol. The van der Waals surface area contributed by atoms with Gasteiger partial charge in [-0.1, -0.05) is 66.7 Å². The summed E-state index contributed by atoms with van der Waals surface area (Å²) in [6.07, 6.45) is 2.08. The fraction of sp³-hybridized carbons (Fsp3) is 0.312.